The molecule has 3 aromatic rings. The zero-order valence-electron chi connectivity index (χ0n) is 18.0. The average Bonchev–Trinajstić information content (AvgIpc) is 3.01. The van der Waals surface area contributed by atoms with Crippen molar-refractivity contribution in [2.45, 2.75) is 6.42 Å². The SMILES string of the molecule is COc1ccc(Cl)cc1N1CCN(CCc2c(Cl)c(=O)n(-c3ccc(F)cc3)n2C)CC1. The summed E-state index contributed by atoms with van der Waals surface area (Å²) in [6.45, 7) is 4.22. The van der Waals surface area contributed by atoms with Crippen molar-refractivity contribution in [1.82, 2.24) is 14.3 Å². The lowest BCUT2D eigenvalue weighted by Gasteiger charge is -2.36. The van der Waals surface area contributed by atoms with Crippen LogP contribution in [-0.4, -0.2) is 54.1 Å². The smallest absolute Gasteiger partial charge is 0.290 e. The van der Waals surface area contributed by atoms with Crippen molar-refractivity contribution < 1.29 is 9.13 Å². The quantitative estimate of drug-likeness (QED) is 0.536. The van der Waals surface area contributed by atoms with E-state index in [0.29, 0.717) is 17.1 Å². The predicted octanol–water partition coefficient (Wildman–Crippen LogP) is 4.00. The minimum atomic E-state index is -0.350. The number of halogens is 3. The van der Waals surface area contributed by atoms with Crippen LogP contribution in [0.5, 0.6) is 5.75 Å². The predicted molar refractivity (Wildman–Crippen MR) is 126 cm³/mol. The molecule has 0 bridgehead atoms. The second-order valence-electron chi connectivity index (χ2n) is 7.77. The van der Waals surface area contributed by atoms with Crippen molar-refractivity contribution >= 4 is 28.9 Å². The van der Waals surface area contributed by atoms with E-state index in [1.54, 1.807) is 31.0 Å². The Morgan fingerprint density at radius 1 is 1.03 bits per heavy atom. The highest BCUT2D eigenvalue weighted by molar-refractivity contribution is 6.31. The Hall–Kier alpha value is -2.48. The van der Waals surface area contributed by atoms with E-state index in [2.05, 4.69) is 9.80 Å². The van der Waals surface area contributed by atoms with Gasteiger partial charge in [0.15, 0.2) is 0 Å². The van der Waals surface area contributed by atoms with Gasteiger partial charge in [-0.15, -0.1) is 0 Å². The summed E-state index contributed by atoms with van der Waals surface area (Å²) in [4.78, 5) is 17.3. The molecule has 0 spiro atoms. The maximum absolute atomic E-state index is 13.3. The number of nitrogens with zero attached hydrogens (tertiary/aromatic N) is 4. The molecular weight excluding hydrogens is 454 g/mol. The highest BCUT2D eigenvalue weighted by atomic mass is 35.5. The summed E-state index contributed by atoms with van der Waals surface area (Å²) in [5.41, 5.74) is 2.05. The van der Waals surface area contributed by atoms with Crippen LogP contribution in [0.25, 0.3) is 5.69 Å². The number of methoxy groups -OCH3 is 1. The van der Waals surface area contributed by atoms with Gasteiger partial charge < -0.3 is 9.64 Å². The first-order valence-electron chi connectivity index (χ1n) is 10.4. The van der Waals surface area contributed by atoms with Gasteiger partial charge in [0.25, 0.3) is 5.56 Å². The third-order valence-corrected chi connectivity index (χ3v) is 6.53. The lowest BCUT2D eigenvalue weighted by atomic mass is 10.2. The first-order valence-corrected chi connectivity index (χ1v) is 11.2. The molecule has 0 atom stereocenters. The number of aromatic nitrogens is 2. The number of anilines is 1. The zero-order valence-corrected chi connectivity index (χ0v) is 19.5. The molecule has 0 N–H and O–H groups in total. The Kier molecular flexibility index (Phi) is 6.79. The number of benzene rings is 2. The molecular formula is C23H25Cl2FN4O2. The molecule has 170 valence electrons. The Bertz CT molecular complexity index is 1150. The molecule has 0 radical (unpaired) electrons. The number of hydrogen-bond donors (Lipinski definition) is 0. The van der Waals surface area contributed by atoms with E-state index in [0.717, 1.165) is 49.9 Å². The normalized spacial score (nSPS) is 14.7. The molecule has 32 heavy (non-hydrogen) atoms. The van der Waals surface area contributed by atoms with Crippen LogP contribution in [0.15, 0.2) is 47.3 Å². The third kappa shape index (κ3) is 4.51. The molecule has 4 rings (SSSR count). The second kappa shape index (κ2) is 9.57. The topological polar surface area (TPSA) is 42.6 Å². The zero-order chi connectivity index (χ0) is 22.8. The van der Waals surface area contributed by atoms with Gasteiger partial charge in [-0.25, -0.2) is 9.07 Å². The lowest BCUT2D eigenvalue weighted by molar-refractivity contribution is 0.258. The molecule has 9 heteroatoms. The van der Waals surface area contributed by atoms with Crippen molar-refractivity contribution in [2.24, 2.45) is 7.05 Å². The molecule has 2 aromatic carbocycles. The monoisotopic (exact) mass is 478 g/mol. The summed E-state index contributed by atoms with van der Waals surface area (Å²) < 4.78 is 22.0. The van der Waals surface area contributed by atoms with Crippen molar-refractivity contribution in [3.63, 3.8) is 0 Å². The van der Waals surface area contributed by atoms with E-state index >= 15 is 0 Å². The van der Waals surface area contributed by atoms with Crippen molar-refractivity contribution in [3.8, 4) is 11.4 Å². The van der Waals surface area contributed by atoms with Crippen LogP contribution in [0.4, 0.5) is 10.1 Å². The average molecular weight is 479 g/mol. The summed E-state index contributed by atoms with van der Waals surface area (Å²) in [6.07, 6.45) is 0.638. The van der Waals surface area contributed by atoms with Crippen LogP contribution < -0.4 is 15.2 Å². The number of ether oxygens (including phenoxy) is 1. The van der Waals surface area contributed by atoms with E-state index in [4.69, 9.17) is 27.9 Å². The minimum Gasteiger partial charge on any atom is -0.495 e. The summed E-state index contributed by atoms with van der Waals surface area (Å²) >= 11 is 12.6. The second-order valence-corrected chi connectivity index (χ2v) is 8.59. The van der Waals surface area contributed by atoms with Gasteiger partial charge in [-0.3, -0.25) is 14.4 Å². The summed E-state index contributed by atoms with van der Waals surface area (Å²) in [5.74, 6) is 0.462. The first kappa shape index (κ1) is 22.7. The fourth-order valence-electron chi connectivity index (χ4n) is 4.15. The molecule has 2 heterocycles. The maximum Gasteiger partial charge on any atom is 0.290 e. The van der Waals surface area contributed by atoms with Crippen LogP contribution in [0.2, 0.25) is 10.0 Å². The molecule has 1 fully saturated rings. The largest absolute Gasteiger partial charge is 0.495 e. The van der Waals surface area contributed by atoms with Crippen molar-refractivity contribution in [2.75, 3.05) is 44.7 Å². The Morgan fingerprint density at radius 3 is 2.38 bits per heavy atom. The Labute approximate surface area is 196 Å². The molecule has 1 aliphatic rings. The first-order chi connectivity index (χ1) is 15.4. The van der Waals surface area contributed by atoms with Gasteiger partial charge in [-0.2, -0.15) is 0 Å². The van der Waals surface area contributed by atoms with E-state index in [1.807, 2.05) is 18.2 Å². The van der Waals surface area contributed by atoms with Gasteiger partial charge in [0, 0.05) is 51.2 Å². The molecule has 0 unspecified atom stereocenters. The molecule has 1 aliphatic heterocycles. The highest BCUT2D eigenvalue weighted by Gasteiger charge is 2.22. The van der Waals surface area contributed by atoms with Crippen LogP contribution in [0, 0.1) is 5.82 Å². The highest BCUT2D eigenvalue weighted by Crippen LogP contribution is 2.32. The molecule has 0 amide bonds. The van der Waals surface area contributed by atoms with Gasteiger partial charge in [-0.1, -0.05) is 23.2 Å². The van der Waals surface area contributed by atoms with E-state index < -0.39 is 0 Å². The lowest BCUT2D eigenvalue weighted by Crippen LogP contribution is -2.47. The van der Waals surface area contributed by atoms with Gasteiger partial charge in [0.1, 0.15) is 16.6 Å². The summed E-state index contributed by atoms with van der Waals surface area (Å²) in [6, 6.07) is 11.4. The van der Waals surface area contributed by atoms with E-state index in [9.17, 15) is 9.18 Å². The van der Waals surface area contributed by atoms with Crippen LogP contribution in [0.1, 0.15) is 5.69 Å². The van der Waals surface area contributed by atoms with Gasteiger partial charge in [0.05, 0.1) is 24.2 Å². The number of hydrogen-bond acceptors (Lipinski definition) is 4. The summed E-state index contributed by atoms with van der Waals surface area (Å²) in [5, 5.41) is 0.892. The van der Waals surface area contributed by atoms with Crippen molar-refractivity contribution in [1.29, 1.82) is 0 Å². The number of piperazine rings is 1. The number of rotatable bonds is 6. The van der Waals surface area contributed by atoms with Crippen molar-refractivity contribution in [3.05, 3.63) is 74.4 Å². The fourth-order valence-corrected chi connectivity index (χ4v) is 4.61. The molecule has 0 aliphatic carbocycles. The van der Waals surface area contributed by atoms with E-state index in [-0.39, 0.29) is 16.4 Å². The molecule has 0 saturated carbocycles. The van der Waals surface area contributed by atoms with Crippen LogP contribution >= 0.6 is 23.2 Å². The van der Waals surface area contributed by atoms with Gasteiger partial charge in [-0.05, 0) is 42.5 Å². The molecule has 1 aromatic heterocycles. The van der Waals surface area contributed by atoms with Gasteiger partial charge in [0.2, 0.25) is 0 Å². The summed E-state index contributed by atoms with van der Waals surface area (Å²) in [7, 11) is 3.46. The van der Waals surface area contributed by atoms with Gasteiger partial charge >= 0.3 is 0 Å². The van der Waals surface area contributed by atoms with Crippen LogP contribution in [-0.2, 0) is 13.5 Å². The maximum atomic E-state index is 13.3. The standard InChI is InChI=1S/C23H25Cl2FN4O2/c1-27-19(22(25)23(31)30(27)18-6-4-17(26)5-7-18)9-10-28-11-13-29(14-12-28)20-15-16(24)3-8-21(20)32-2/h3-8,15H,9-14H2,1-2H3. The van der Waals surface area contributed by atoms with E-state index in [1.165, 1.54) is 16.8 Å². The molecule has 6 nitrogen and oxygen atoms in total. The molecule has 1 saturated heterocycles. The fraction of sp³-hybridized carbons (Fsp3) is 0.348. The van der Waals surface area contributed by atoms with Crippen LogP contribution in [0.3, 0.4) is 0 Å². The third-order valence-electron chi connectivity index (χ3n) is 5.91. The minimum absolute atomic E-state index is 0.208. The Morgan fingerprint density at radius 2 is 1.72 bits per heavy atom. The Balaban J connectivity index is 1.42.